The first-order chi connectivity index (χ1) is 12.0. The number of hydrogen-bond donors (Lipinski definition) is 2. The summed E-state index contributed by atoms with van der Waals surface area (Å²) in [4.78, 5) is 24.2. The van der Waals surface area contributed by atoms with E-state index in [1.54, 1.807) is 20.8 Å². The van der Waals surface area contributed by atoms with Crippen molar-refractivity contribution < 1.29 is 23.9 Å². The Morgan fingerprint density at radius 3 is 1.93 bits per heavy atom. The molecule has 0 aromatic heterocycles. The molecule has 6 nitrogen and oxygen atoms in total. The molecule has 0 unspecified atom stereocenters. The van der Waals surface area contributed by atoms with E-state index in [0.717, 1.165) is 0 Å². The summed E-state index contributed by atoms with van der Waals surface area (Å²) in [5, 5.41) is 12.6. The van der Waals surface area contributed by atoms with Gasteiger partial charge in [-0.05, 0) is 57.7 Å². The van der Waals surface area contributed by atoms with Gasteiger partial charge in [0.25, 0.3) is 0 Å². The van der Waals surface area contributed by atoms with E-state index in [1.165, 1.54) is 0 Å². The number of carbonyl (C=O) groups excluding carboxylic acids is 1. The molecule has 0 heterocycles. The van der Waals surface area contributed by atoms with Crippen LogP contribution >= 0.6 is 0 Å². The zero-order valence-corrected chi connectivity index (χ0v) is 19.9. The lowest BCUT2D eigenvalue weighted by Crippen LogP contribution is -2.50. The second kappa shape index (κ2) is 10.0. The van der Waals surface area contributed by atoms with Crippen molar-refractivity contribution in [2.75, 3.05) is 6.61 Å². The van der Waals surface area contributed by atoms with Gasteiger partial charge in [0, 0.05) is 6.61 Å². The van der Waals surface area contributed by atoms with Crippen LogP contribution in [0.15, 0.2) is 0 Å². The molecule has 0 spiro atoms. The summed E-state index contributed by atoms with van der Waals surface area (Å²) in [7, 11) is -1.94. The molecule has 0 aliphatic rings. The number of carbonyl (C=O) groups is 2. The predicted octanol–water partition coefficient (Wildman–Crippen LogP) is 4.20. The lowest BCUT2D eigenvalue weighted by Gasteiger charge is -2.36. The zero-order valence-electron chi connectivity index (χ0n) is 18.9. The minimum absolute atomic E-state index is 0.0725. The molecule has 2 atom stereocenters. The summed E-state index contributed by atoms with van der Waals surface area (Å²) < 4.78 is 11.7. The van der Waals surface area contributed by atoms with Crippen LogP contribution in [0.2, 0.25) is 18.1 Å². The Balaban J connectivity index is 5.19. The van der Waals surface area contributed by atoms with Gasteiger partial charge >= 0.3 is 11.9 Å². The van der Waals surface area contributed by atoms with Crippen LogP contribution in [0.25, 0.3) is 0 Å². The van der Waals surface area contributed by atoms with Gasteiger partial charge in [0.2, 0.25) is 0 Å². The summed E-state index contributed by atoms with van der Waals surface area (Å²) in [6, 6.07) is -1.51. The van der Waals surface area contributed by atoms with Crippen LogP contribution in [-0.4, -0.2) is 49.7 Å². The summed E-state index contributed by atoms with van der Waals surface area (Å²) in [5.74, 6) is -1.19. The smallest absolute Gasteiger partial charge is 0.323 e. The van der Waals surface area contributed by atoms with Gasteiger partial charge in [0.05, 0.1) is 0 Å². The highest BCUT2D eigenvalue weighted by Crippen LogP contribution is 2.36. The average molecular weight is 404 g/mol. The molecule has 2 N–H and O–H groups in total. The van der Waals surface area contributed by atoms with Gasteiger partial charge in [-0.2, -0.15) is 0 Å². The van der Waals surface area contributed by atoms with Crippen molar-refractivity contribution in [2.24, 2.45) is 5.92 Å². The monoisotopic (exact) mass is 403 g/mol. The first kappa shape index (κ1) is 26.1. The first-order valence-electron chi connectivity index (χ1n) is 9.82. The molecule has 7 heteroatoms. The van der Waals surface area contributed by atoms with E-state index >= 15 is 0 Å². The van der Waals surface area contributed by atoms with Gasteiger partial charge in [0.15, 0.2) is 8.32 Å². The number of esters is 1. The van der Waals surface area contributed by atoms with E-state index in [0.29, 0.717) is 19.4 Å². The van der Waals surface area contributed by atoms with E-state index in [-0.39, 0.29) is 11.0 Å². The second-order valence-electron chi connectivity index (χ2n) is 10.2. The number of rotatable bonds is 10. The number of hydrogen-bond acceptors (Lipinski definition) is 5. The van der Waals surface area contributed by atoms with Gasteiger partial charge in [-0.1, -0.05) is 34.6 Å². The van der Waals surface area contributed by atoms with Crippen molar-refractivity contribution in [1.29, 1.82) is 0 Å². The van der Waals surface area contributed by atoms with E-state index < -0.39 is 37.9 Å². The Kier molecular flexibility index (Phi) is 9.68. The van der Waals surface area contributed by atoms with Crippen LogP contribution < -0.4 is 5.32 Å². The molecule has 27 heavy (non-hydrogen) atoms. The first-order valence-corrected chi connectivity index (χ1v) is 12.7. The lowest BCUT2D eigenvalue weighted by atomic mass is 10.0. The molecule has 0 aliphatic carbocycles. The third-order valence-electron chi connectivity index (χ3n) is 4.77. The standard InChI is InChI=1S/C20H41NO5Si/c1-14(2)13-16(17(22)23)21-15(18(24)26-19(3,4)5)11-12-25-27(9,10)20(6,7)8/h14-16,21H,11-13H2,1-10H3,(H,22,23)/t15-,16+/m1/s1. The maximum atomic E-state index is 12.6. The summed E-state index contributed by atoms with van der Waals surface area (Å²) in [5.41, 5.74) is -0.631. The van der Waals surface area contributed by atoms with Crippen molar-refractivity contribution in [3.8, 4) is 0 Å². The average Bonchev–Trinajstić information content (AvgIpc) is 2.41. The van der Waals surface area contributed by atoms with E-state index in [1.807, 2.05) is 13.8 Å². The third-order valence-corrected chi connectivity index (χ3v) is 9.31. The van der Waals surface area contributed by atoms with Gasteiger partial charge in [-0.15, -0.1) is 0 Å². The Morgan fingerprint density at radius 1 is 1.04 bits per heavy atom. The topological polar surface area (TPSA) is 84.9 Å². The molecule has 0 fully saturated rings. The molecular weight excluding hydrogens is 362 g/mol. The molecular formula is C20H41NO5Si. The predicted molar refractivity (Wildman–Crippen MR) is 111 cm³/mol. The number of nitrogens with one attached hydrogen (secondary N) is 1. The van der Waals surface area contributed by atoms with Crippen molar-refractivity contribution in [3.63, 3.8) is 0 Å². The van der Waals surface area contributed by atoms with Crippen LogP contribution in [0.4, 0.5) is 0 Å². The fourth-order valence-corrected chi connectivity index (χ4v) is 3.31. The fraction of sp³-hybridized carbons (Fsp3) is 0.900. The quantitative estimate of drug-likeness (QED) is 0.420. The lowest BCUT2D eigenvalue weighted by molar-refractivity contribution is -0.158. The Bertz CT molecular complexity index is 492. The summed E-state index contributed by atoms with van der Waals surface area (Å²) in [6.07, 6.45) is 0.820. The fourth-order valence-electron chi connectivity index (χ4n) is 2.24. The molecule has 0 bridgehead atoms. The van der Waals surface area contributed by atoms with E-state index in [4.69, 9.17) is 9.16 Å². The highest BCUT2D eigenvalue weighted by Gasteiger charge is 2.38. The van der Waals surface area contributed by atoms with Gasteiger partial charge in [-0.3, -0.25) is 14.9 Å². The largest absolute Gasteiger partial charge is 0.480 e. The Labute approximate surface area is 166 Å². The van der Waals surface area contributed by atoms with Crippen LogP contribution in [0.3, 0.4) is 0 Å². The van der Waals surface area contributed by atoms with Crippen molar-refractivity contribution in [3.05, 3.63) is 0 Å². The minimum atomic E-state index is -1.94. The van der Waals surface area contributed by atoms with Crippen molar-refractivity contribution in [1.82, 2.24) is 5.32 Å². The molecule has 0 rings (SSSR count). The molecule has 0 aromatic carbocycles. The van der Waals surface area contributed by atoms with Crippen molar-refractivity contribution >= 4 is 20.3 Å². The molecule has 0 aromatic rings. The maximum Gasteiger partial charge on any atom is 0.323 e. The zero-order chi connectivity index (χ0) is 21.6. The van der Waals surface area contributed by atoms with Crippen LogP contribution in [-0.2, 0) is 18.8 Å². The molecule has 0 saturated carbocycles. The number of carboxylic acid groups (broad SMARTS) is 1. The maximum absolute atomic E-state index is 12.6. The van der Waals surface area contributed by atoms with Gasteiger partial charge in [-0.25, -0.2) is 0 Å². The van der Waals surface area contributed by atoms with Gasteiger partial charge in [0.1, 0.15) is 17.7 Å². The van der Waals surface area contributed by atoms with Crippen LogP contribution in [0, 0.1) is 5.92 Å². The highest BCUT2D eigenvalue weighted by molar-refractivity contribution is 6.74. The number of ether oxygens (including phenoxy) is 1. The normalized spacial score (nSPS) is 15.5. The highest BCUT2D eigenvalue weighted by atomic mass is 28.4. The van der Waals surface area contributed by atoms with Crippen LogP contribution in [0.1, 0.15) is 68.2 Å². The molecule has 160 valence electrons. The van der Waals surface area contributed by atoms with Crippen molar-refractivity contribution in [2.45, 2.75) is 104 Å². The number of aliphatic carboxylic acids is 1. The Hall–Kier alpha value is -0.923. The molecule has 0 radical (unpaired) electrons. The second-order valence-corrected chi connectivity index (χ2v) is 15.0. The Morgan fingerprint density at radius 2 is 1.56 bits per heavy atom. The number of carboxylic acids is 1. The summed E-state index contributed by atoms with van der Waals surface area (Å²) >= 11 is 0. The van der Waals surface area contributed by atoms with E-state index in [2.05, 4.69) is 39.2 Å². The van der Waals surface area contributed by atoms with Crippen LogP contribution in [0.5, 0.6) is 0 Å². The molecule has 0 aliphatic heterocycles. The van der Waals surface area contributed by atoms with Gasteiger partial charge < -0.3 is 14.3 Å². The third kappa shape index (κ3) is 10.3. The molecule has 0 saturated heterocycles. The summed E-state index contributed by atoms with van der Waals surface area (Å²) in [6.45, 7) is 20.5. The minimum Gasteiger partial charge on any atom is -0.480 e. The molecule has 0 amide bonds. The SMILES string of the molecule is CC(C)C[C@H](N[C@H](CCO[Si](C)(C)C(C)(C)C)C(=O)OC(C)(C)C)C(=O)O. The van der Waals surface area contributed by atoms with E-state index in [9.17, 15) is 14.7 Å².